The van der Waals surface area contributed by atoms with Gasteiger partial charge in [0, 0.05) is 5.39 Å². The third-order valence-corrected chi connectivity index (χ3v) is 5.16. The first-order chi connectivity index (χ1) is 11.1. The standard InChI is InChI=1S/C14H15N3O5S/c1-21-12-10-7-2-3-23-13(7)17(11(10)15-6-16-12)14(20)8(19)5-22-9(14)4-18/h2-3,6,8-9,18-20H,4-5H2,1H3/t8-,9+,14-/m0/s1. The molecule has 0 spiro atoms. The second-order valence-electron chi connectivity index (χ2n) is 5.36. The summed E-state index contributed by atoms with van der Waals surface area (Å²) in [6.45, 7) is -0.501. The molecule has 4 rings (SSSR count). The number of rotatable bonds is 3. The zero-order valence-corrected chi connectivity index (χ0v) is 13.0. The Morgan fingerprint density at radius 3 is 3.09 bits per heavy atom. The van der Waals surface area contributed by atoms with E-state index in [1.54, 1.807) is 0 Å². The third-order valence-electron chi connectivity index (χ3n) is 4.26. The molecular formula is C14H15N3O5S. The van der Waals surface area contributed by atoms with Crippen molar-refractivity contribution in [1.82, 2.24) is 14.5 Å². The summed E-state index contributed by atoms with van der Waals surface area (Å²) >= 11 is 1.39. The molecule has 1 fully saturated rings. The van der Waals surface area contributed by atoms with Gasteiger partial charge in [-0.1, -0.05) is 0 Å². The zero-order valence-electron chi connectivity index (χ0n) is 12.2. The molecule has 0 saturated carbocycles. The van der Waals surface area contributed by atoms with E-state index in [9.17, 15) is 15.3 Å². The van der Waals surface area contributed by atoms with E-state index in [0.29, 0.717) is 21.7 Å². The van der Waals surface area contributed by atoms with Crippen LogP contribution in [0, 0.1) is 0 Å². The smallest absolute Gasteiger partial charge is 0.226 e. The number of hydrogen-bond acceptors (Lipinski definition) is 8. The molecular weight excluding hydrogens is 322 g/mol. The Morgan fingerprint density at radius 1 is 1.52 bits per heavy atom. The molecule has 0 aromatic carbocycles. The predicted molar refractivity (Wildman–Crippen MR) is 82.5 cm³/mol. The lowest BCUT2D eigenvalue weighted by atomic mass is 10.0. The Labute approximate surface area is 134 Å². The lowest BCUT2D eigenvalue weighted by Gasteiger charge is -2.32. The molecule has 4 heterocycles. The lowest BCUT2D eigenvalue weighted by molar-refractivity contribution is -0.145. The van der Waals surface area contributed by atoms with Crippen LogP contribution in [0.25, 0.3) is 21.3 Å². The van der Waals surface area contributed by atoms with Crippen LogP contribution in [-0.2, 0) is 10.5 Å². The minimum atomic E-state index is -1.82. The normalized spacial score (nSPS) is 28.0. The van der Waals surface area contributed by atoms with E-state index in [1.165, 1.54) is 29.3 Å². The van der Waals surface area contributed by atoms with Gasteiger partial charge in [-0.15, -0.1) is 11.3 Å². The van der Waals surface area contributed by atoms with Crippen molar-refractivity contribution in [2.75, 3.05) is 20.3 Å². The first kappa shape index (κ1) is 14.8. The van der Waals surface area contributed by atoms with E-state index in [0.717, 1.165) is 5.39 Å². The fourth-order valence-electron chi connectivity index (χ4n) is 3.16. The molecule has 0 unspecified atom stereocenters. The second-order valence-corrected chi connectivity index (χ2v) is 6.25. The van der Waals surface area contributed by atoms with Crippen LogP contribution in [0.5, 0.6) is 5.88 Å². The van der Waals surface area contributed by atoms with Gasteiger partial charge in [-0.05, 0) is 11.4 Å². The number of methoxy groups -OCH3 is 1. The number of nitrogens with zero attached hydrogens (tertiary/aromatic N) is 3. The third kappa shape index (κ3) is 1.79. The topological polar surface area (TPSA) is 110 Å². The van der Waals surface area contributed by atoms with Crippen molar-refractivity contribution in [1.29, 1.82) is 0 Å². The van der Waals surface area contributed by atoms with Crippen molar-refractivity contribution in [3.8, 4) is 5.88 Å². The van der Waals surface area contributed by atoms with Crippen LogP contribution < -0.4 is 4.74 Å². The summed E-state index contributed by atoms with van der Waals surface area (Å²) in [6.07, 6.45) is -0.818. The average molecular weight is 337 g/mol. The quantitative estimate of drug-likeness (QED) is 0.619. The van der Waals surface area contributed by atoms with Crippen LogP contribution in [0.1, 0.15) is 0 Å². The van der Waals surface area contributed by atoms with Crippen molar-refractivity contribution in [2.24, 2.45) is 0 Å². The largest absolute Gasteiger partial charge is 0.480 e. The van der Waals surface area contributed by atoms with E-state index in [4.69, 9.17) is 9.47 Å². The SMILES string of the molecule is COc1ncnc2c1c1ccsc1n2[C@]1(O)[C@@H](O)CO[C@@H]1CO. The number of aliphatic hydroxyl groups is 3. The fraction of sp³-hybridized carbons (Fsp3) is 0.429. The van der Waals surface area contributed by atoms with Crippen molar-refractivity contribution in [3.05, 3.63) is 17.8 Å². The minimum Gasteiger partial charge on any atom is -0.480 e. The molecule has 0 amide bonds. The molecule has 3 atom stereocenters. The number of fused-ring (bicyclic) bond motifs is 3. The summed E-state index contributed by atoms with van der Waals surface area (Å²) in [5.41, 5.74) is -1.40. The van der Waals surface area contributed by atoms with Crippen LogP contribution in [0.15, 0.2) is 17.8 Å². The highest BCUT2D eigenvalue weighted by molar-refractivity contribution is 7.17. The van der Waals surface area contributed by atoms with Gasteiger partial charge in [0.1, 0.15) is 23.4 Å². The highest BCUT2D eigenvalue weighted by Gasteiger charge is 2.53. The molecule has 0 bridgehead atoms. The summed E-state index contributed by atoms with van der Waals surface area (Å²) in [4.78, 5) is 9.07. The van der Waals surface area contributed by atoms with Crippen molar-refractivity contribution in [2.45, 2.75) is 17.9 Å². The Morgan fingerprint density at radius 2 is 2.35 bits per heavy atom. The Kier molecular flexibility index (Phi) is 3.29. The molecule has 0 radical (unpaired) electrons. The Hall–Kier alpha value is -1.78. The summed E-state index contributed by atoms with van der Waals surface area (Å²) in [7, 11) is 1.51. The van der Waals surface area contributed by atoms with Gasteiger partial charge in [0.2, 0.25) is 11.6 Å². The van der Waals surface area contributed by atoms with Crippen LogP contribution in [0.3, 0.4) is 0 Å². The van der Waals surface area contributed by atoms with Gasteiger partial charge in [0.05, 0.1) is 25.7 Å². The van der Waals surface area contributed by atoms with Crippen LogP contribution in [0.2, 0.25) is 0 Å². The van der Waals surface area contributed by atoms with Crippen molar-refractivity contribution in [3.63, 3.8) is 0 Å². The molecule has 23 heavy (non-hydrogen) atoms. The number of aliphatic hydroxyl groups excluding tert-OH is 2. The van der Waals surface area contributed by atoms with Crippen molar-refractivity contribution < 1.29 is 24.8 Å². The van der Waals surface area contributed by atoms with Crippen LogP contribution >= 0.6 is 11.3 Å². The van der Waals surface area contributed by atoms with E-state index < -0.39 is 24.5 Å². The van der Waals surface area contributed by atoms with E-state index in [1.807, 2.05) is 11.4 Å². The molecule has 1 saturated heterocycles. The predicted octanol–water partition coefficient (Wildman–Crippen LogP) is 0.0517. The van der Waals surface area contributed by atoms with Gasteiger partial charge >= 0.3 is 0 Å². The maximum atomic E-state index is 11.2. The van der Waals surface area contributed by atoms with Gasteiger partial charge in [-0.2, -0.15) is 0 Å². The van der Waals surface area contributed by atoms with Gasteiger partial charge in [0.15, 0.2) is 5.65 Å². The zero-order chi connectivity index (χ0) is 16.2. The maximum Gasteiger partial charge on any atom is 0.226 e. The fourth-order valence-corrected chi connectivity index (χ4v) is 4.13. The second kappa shape index (κ2) is 5.11. The van der Waals surface area contributed by atoms with Crippen LogP contribution in [-0.4, -0.2) is 62.4 Å². The molecule has 3 aromatic rings. The molecule has 0 aliphatic carbocycles. The molecule has 8 nitrogen and oxygen atoms in total. The molecule has 122 valence electrons. The summed E-state index contributed by atoms with van der Waals surface area (Å²) < 4.78 is 12.2. The number of thiophene rings is 1. The minimum absolute atomic E-state index is 0.0729. The first-order valence-corrected chi connectivity index (χ1v) is 7.90. The highest BCUT2D eigenvalue weighted by Crippen LogP contribution is 2.43. The van der Waals surface area contributed by atoms with Gasteiger partial charge < -0.3 is 24.8 Å². The first-order valence-electron chi connectivity index (χ1n) is 7.02. The Bertz CT molecular complexity index is 878. The number of hydrogen-bond donors (Lipinski definition) is 3. The van der Waals surface area contributed by atoms with Gasteiger partial charge in [0.25, 0.3) is 0 Å². The van der Waals surface area contributed by atoms with Gasteiger partial charge in [-0.25, -0.2) is 9.97 Å². The van der Waals surface area contributed by atoms with Gasteiger partial charge in [-0.3, -0.25) is 4.57 Å². The van der Waals surface area contributed by atoms with E-state index in [2.05, 4.69) is 9.97 Å². The monoisotopic (exact) mass is 337 g/mol. The maximum absolute atomic E-state index is 11.2. The van der Waals surface area contributed by atoms with E-state index >= 15 is 0 Å². The summed E-state index contributed by atoms with van der Waals surface area (Å²) in [5, 5.41) is 34.4. The molecule has 1 aliphatic heterocycles. The van der Waals surface area contributed by atoms with E-state index in [-0.39, 0.29) is 6.61 Å². The van der Waals surface area contributed by atoms with Crippen molar-refractivity contribution >= 4 is 32.6 Å². The summed E-state index contributed by atoms with van der Waals surface area (Å²) in [6, 6.07) is 1.88. The molecule has 3 aromatic heterocycles. The molecule has 1 aliphatic rings. The number of aromatic nitrogens is 3. The lowest BCUT2D eigenvalue weighted by Crippen LogP contribution is -2.50. The summed E-state index contributed by atoms with van der Waals surface area (Å²) in [5.74, 6) is 0.384. The molecule has 9 heteroatoms. The van der Waals surface area contributed by atoms with Crippen LogP contribution in [0.4, 0.5) is 0 Å². The Balaban J connectivity index is 2.12. The molecule has 3 N–H and O–H groups in total. The highest BCUT2D eigenvalue weighted by atomic mass is 32.1. The average Bonchev–Trinajstić information content (AvgIpc) is 3.21. The number of ether oxygens (including phenoxy) is 2.